The second-order valence-corrected chi connectivity index (χ2v) is 12.1. The van der Waals surface area contributed by atoms with Crippen molar-refractivity contribution in [2.24, 2.45) is 0 Å². The van der Waals surface area contributed by atoms with Gasteiger partial charge in [0.25, 0.3) is 0 Å². The summed E-state index contributed by atoms with van der Waals surface area (Å²) >= 11 is 0. The minimum atomic E-state index is -3.23. The van der Waals surface area contributed by atoms with Gasteiger partial charge in [-0.1, -0.05) is 103 Å². The summed E-state index contributed by atoms with van der Waals surface area (Å²) in [6, 6.07) is 40.6. The summed E-state index contributed by atoms with van der Waals surface area (Å²) in [5, 5.41) is 4.61. The van der Waals surface area contributed by atoms with Crippen LogP contribution in [0.4, 0.5) is 0 Å². The number of para-hydroxylation sites is 2. The average Bonchev–Trinajstić information content (AvgIpc) is 3.32. The molecular formula is C32H27N2OP. The Balaban J connectivity index is 1.79. The third-order valence-electron chi connectivity index (χ3n) is 6.82. The molecule has 0 amide bonds. The van der Waals surface area contributed by atoms with Crippen LogP contribution in [0.2, 0.25) is 0 Å². The van der Waals surface area contributed by atoms with Crippen LogP contribution in [-0.4, -0.2) is 9.55 Å². The van der Waals surface area contributed by atoms with Crippen molar-refractivity contribution in [1.29, 1.82) is 0 Å². The molecule has 4 heteroatoms. The fourth-order valence-corrected chi connectivity index (χ4v) is 8.06. The molecule has 0 aliphatic heterocycles. The first-order valence-corrected chi connectivity index (χ1v) is 14.0. The van der Waals surface area contributed by atoms with Gasteiger partial charge in [0.1, 0.15) is 5.82 Å². The molecule has 0 saturated heterocycles. The molecule has 0 radical (unpaired) electrons. The molecule has 36 heavy (non-hydrogen) atoms. The quantitative estimate of drug-likeness (QED) is 0.244. The smallest absolute Gasteiger partial charge is 0.171 e. The van der Waals surface area contributed by atoms with E-state index in [0.29, 0.717) is 0 Å². The highest BCUT2D eigenvalue weighted by Gasteiger charge is 2.34. The average molecular weight is 487 g/mol. The van der Waals surface area contributed by atoms with Crippen molar-refractivity contribution in [3.63, 3.8) is 0 Å². The van der Waals surface area contributed by atoms with Crippen LogP contribution in [0.25, 0.3) is 33.2 Å². The van der Waals surface area contributed by atoms with Gasteiger partial charge in [-0.05, 0) is 42.8 Å². The molecule has 3 nitrogen and oxygen atoms in total. The molecule has 6 rings (SSSR count). The van der Waals surface area contributed by atoms with E-state index in [1.807, 2.05) is 78.9 Å². The Labute approximate surface area is 211 Å². The first kappa shape index (κ1) is 22.5. The molecule has 0 N–H and O–H groups in total. The molecule has 5 aromatic carbocycles. The molecule has 0 fully saturated rings. The van der Waals surface area contributed by atoms with Crippen molar-refractivity contribution in [1.82, 2.24) is 9.55 Å². The van der Waals surface area contributed by atoms with Crippen LogP contribution in [0.1, 0.15) is 19.9 Å². The van der Waals surface area contributed by atoms with Gasteiger partial charge in [-0.2, -0.15) is 0 Å². The highest BCUT2D eigenvalue weighted by atomic mass is 31.2. The van der Waals surface area contributed by atoms with E-state index in [9.17, 15) is 0 Å². The Kier molecular flexibility index (Phi) is 5.59. The van der Waals surface area contributed by atoms with Gasteiger partial charge >= 0.3 is 0 Å². The lowest BCUT2D eigenvalue weighted by Gasteiger charge is -2.25. The van der Waals surface area contributed by atoms with Crippen molar-refractivity contribution >= 4 is 44.9 Å². The van der Waals surface area contributed by atoms with Gasteiger partial charge in [-0.25, -0.2) is 4.98 Å². The SMILES string of the molecule is CC(C)n1c(-c2c(P(=O)(c3ccccc3)c3ccccc3)ccc3ccccc23)nc2ccccc21. The monoisotopic (exact) mass is 486 g/mol. The van der Waals surface area contributed by atoms with Crippen LogP contribution in [-0.2, 0) is 4.57 Å². The Morgan fingerprint density at radius 1 is 0.667 bits per heavy atom. The summed E-state index contributed by atoms with van der Waals surface area (Å²) in [6.07, 6.45) is 0. The maximum absolute atomic E-state index is 15.5. The van der Waals surface area contributed by atoms with Gasteiger partial charge in [0.2, 0.25) is 0 Å². The number of hydrogen-bond donors (Lipinski definition) is 0. The van der Waals surface area contributed by atoms with E-state index in [-0.39, 0.29) is 6.04 Å². The van der Waals surface area contributed by atoms with Gasteiger partial charge in [-0.3, -0.25) is 0 Å². The van der Waals surface area contributed by atoms with Crippen LogP contribution in [0.15, 0.2) is 121 Å². The van der Waals surface area contributed by atoms with Crippen LogP contribution >= 0.6 is 7.14 Å². The Bertz CT molecular complexity index is 1690. The molecular weight excluding hydrogens is 459 g/mol. The van der Waals surface area contributed by atoms with E-state index in [1.165, 1.54) is 0 Å². The van der Waals surface area contributed by atoms with Crippen LogP contribution in [0.3, 0.4) is 0 Å². The van der Waals surface area contributed by atoms with Crippen molar-refractivity contribution < 1.29 is 4.57 Å². The molecule has 0 aliphatic carbocycles. The molecule has 0 unspecified atom stereocenters. The second-order valence-electron chi connectivity index (χ2n) is 9.35. The zero-order valence-electron chi connectivity index (χ0n) is 20.4. The first-order valence-electron chi connectivity index (χ1n) is 12.3. The van der Waals surface area contributed by atoms with Crippen molar-refractivity contribution in [2.45, 2.75) is 19.9 Å². The first-order chi connectivity index (χ1) is 17.6. The van der Waals surface area contributed by atoms with Crippen LogP contribution < -0.4 is 15.9 Å². The standard InChI is InChI=1S/C32H27N2OP/c1-23(2)34-29-20-12-11-19-28(29)33-32(34)31-27-18-10-9-13-24(27)21-22-30(31)36(35,25-14-5-3-6-15-25)26-16-7-4-8-17-26/h3-23H,1-2H3. The number of benzene rings is 5. The maximum Gasteiger partial charge on any atom is 0.171 e. The Hall–Kier alpha value is -3.94. The maximum atomic E-state index is 15.5. The zero-order chi connectivity index (χ0) is 24.7. The lowest BCUT2D eigenvalue weighted by Crippen LogP contribution is -2.27. The number of aromatic nitrogens is 2. The van der Waals surface area contributed by atoms with Gasteiger partial charge < -0.3 is 9.13 Å². The fraction of sp³-hybridized carbons (Fsp3) is 0.0938. The van der Waals surface area contributed by atoms with Crippen molar-refractivity contribution in [3.8, 4) is 11.4 Å². The molecule has 0 saturated carbocycles. The lowest BCUT2D eigenvalue weighted by molar-refractivity contribution is 0.592. The van der Waals surface area contributed by atoms with Gasteiger partial charge in [0.15, 0.2) is 7.14 Å². The van der Waals surface area contributed by atoms with E-state index in [2.05, 4.69) is 60.9 Å². The molecule has 0 bridgehead atoms. The molecule has 1 heterocycles. The predicted molar refractivity (Wildman–Crippen MR) is 152 cm³/mol. The minimum absolute atomic E-state index is 0.173. The van der Waals surface area contributed by atoms with Gasteiger partial charge in [-0.15, -0.1) is 0 Å². The van der Waals surface area contributed by atoms with Gasteiger partial charge in [0.05, 0.1) is 11.0 Å². The van der Waals surface area contributed by atoms with E-state index in [4.69, 9.17) is 4.98 Å². The molecule has 0 spiro atoms. The predicted octanol–water partition coefficient (Wildman–Crippen LogP) is 7.08. The summed E-state index contributed by atoms with van der Waals surface area (Å²) in [5.74, 6) is 0.852. The Morgan fingerprint density at radius 2 is 1.25 bits per heavy atom. The van der Waals surface area contributed by atoms with E-state index in [0.717, 1.165) is 49.1 Å². The third kappa shape index (κ3) is 3.51. The van der Waals surface area contributed by atoms with Gasteiger partial charge in [0, 0.05) is 27.5 Å². The number of fused-ring (bicyclic) bond motifs is 2. The molecule has 176 valence electrons. The largest absolute Gasteiger partial charge is 0.321 e. The fourth-order valence-electron chi connectivity index (χ4n) is 5.20. The number of nitrogens with zero attached hydrogens (tertiary/aromatic N) is 2. The minimum Gasteiger partial charge on any atom is -0.321 e. The number of rotatable bonds is 5. The molecule has 0 atom stereocenters. The van der Waals surface area contributed by atoms with E-state index >= 15 is 4.57 Å². The topological polar surface area (TPSA) is 34.9 Å². The summed E-state index contributed by atoms with van der Waals surface area (Å²) in [4.78, 5) is 5.16. The second kappa shape index (κ2) is 8.93. The van der Waals surface area contributed by atoms with E-state index < -0.39 is 7.14 Å². The molecule has 0 aliphatic rings. The summed E-state index contributed by atoms with van der Waals surface area (Å²) in [7, 11) is -3.23. The highest BCUT2D eigenvalue weighted by Crippen LogP contribution is 2.47. The summed E-state index contributed by atoms with van der Waals surface area (Å²) in [6.45, 7) is 4.35. The number of hydrogen-bond acceptors (Lipinski definition) is 2. The summed E-state index contributed by atoms with van der Waals surface area (Å²) < 4.78 is 17.8. The third-order valence-corrected chi connectivity index (χ3v) is 9.92. The molecule has 6 aromatic rings. The number of imidazole rings is 1. The van der Waals surface area contributed by atoms with Crippen molar-refractivity contribution in [2.75, 3.05) is 0 Å². The summed E-state index contributed by atoms with van der Waals surface area (Å²) in [5.41, 5.74) is 2.96. The normalized spacial score (nSPS) is 12.0. The zero-order valence-corrected chi connectivity index (χ0v) is 21.3. The Morgan fingerprint density at radius 3 is 1.92 bits per heavy atom. The molecule has 1 aromatic heterocycles. The van der Waals surface area contributed by atoms with E-state index in [1.54, 1.807) is 0 Å². The highest BCUT2D eigenvalue weighted by molar-refractivity contribution is 7.85. The van der Waals surface area contributed by atoms with Crippen molar-refractivity contribution in [3.05, 3.63) is 121 Å². The lowest BCUT2D eigenvalue weighted by atomic mass is 10.0. The van der Waals surface area contributed by atoms with Crippen LogP contribution in [0.5, 0.6) is 0 Å². The van der Waals surface area contributed by atoms with Crippen LogP contribution in [0, 0.1) is 0 Å².